The normalized spacial score (nSPS) is 10.7. The molecule has 0 atom stereocenters. The lowest BCUT2D eigenvalue weighted by molar-refractivity contribution is -0.116. The Kier molecular flexibility index (Phi) is 5.91. The zero-order valence-corrected chi connectivity index (χ0v) is 11.6. The minimum atomic E-state index is -0.410. The van der Waals surface area contributed by atoms with Crippen molar-refractivity contribution >= 4 is 23.6 Å². The van der Waals surface area contributed by atoms with Crippen LogP contribution in [0, 0.1) is 11.3 Å². The highest BCUT2D eigenvalue weighted by Crippen LogP contribution is 2.25. The van der Waals surface area contributed by atoms with Crippen molar-refractivity contribution in [1.29, 1.82) is 5.26 Å². The monoisotopic (exact) mass is 278 g/mol. The highest BCUT2D eigenvalue weighted by Gasteiger charge is 2.10. The quantitative estimate of drug-likeness (QED) is 0.665. The molecule has 100 valence electrons. The fraction of sp³-hybridized carbons (Fsp3) is 0.286. The number of amides is 1. The highest BCUT2D eigenvalue weighted by atomic mass is 35.5. The van der Waals surface area contributed by atoms with Gasteiger partial charge in [0.05, 0.1) is 6.61 Å². The van der Waals surface area contributed by atoms with E-state index in [1.807, 2.05) is 13.0 Å². The van der Waals surface area contributed by atoms with Crippen LogP contribution in [-0.2, 0) is 4.79 Å². The molecule has 0 heterocycles. The molecule has 5 heteroatoms. The lowest BCUT2D eigenvalue weighted by Crippen LogP contribution is -2.23. The summed E-state index contributed by atoms with van der Waals surface area (Å²) in [4.78, 5) is 11.7. The van der Waals surface area contributed by atoms with Crippen LogP contribution >= 0.6 is 11.6 Å². The zero-order chi connectivity index (χ0) is 14.3. The van der Waals surface area contributed by atoms with Gasteiger partial charge in [0.2, 0.25) is 0 Å². The number of carbonyl (C=O) groups is 1. The number of hydrogen-bond donors (Lipinski definition) is 1. The summed E-state index contributed by atoms with van der Waals surface area (Å²) < 4.78 is 5.43. The first kappa shape index (κ1) is 15.1. The van der Waals surface area contributed by atoms with Crippen LogP contribution in [0.15, 0.2) is 23.8 Å². The summed E-state index contributed by atoms with van der Waals surface area (Å²) in [5.41, 5.74) is 0.627. The van der Waals surface area contributed by atoms with Gasteiger partial charge in [-0.3, -0.25) is 4.79 Å². The van der Waals surface area contributed by atoms with Crippen LogP contribution in [0.3, 0.4) is 0 Å². The molecule has 0 aliphatic heterocycles. The first-order valence-electron chi connectivity index (χ1n) is 5.94. The second-order valence-electron chi connectivity index (χ2n) is 3.64. The Bertz CT molecular complexity index is 533. The smallest absolute Gasteiger partial charge is 0.261 e. The molecule has 1 amide bonds. The van der Waals surface area contributed by atoms with E-state index in [0.717, 1.165) is 0 Å². The van der Waals surface area contributed by atoms with E-state index >= 15 is 0 Å². The van der Waals surface area contributed by atoms with E-state index in [-0.39, 0.29) is 5.57 Å². The second kappa shape index (κ2) is 7.45. The Labute approximate surface area is 117 Å². The molecule has 0 aliphatic rings. The van der Waals surface area contributed by atoms with Gasteiger partial charge in [-0.1, -0.05) is 11.6 Å². The van der Waals surface area contributed by atoms with Gasteiger partial charge in [-0.2, -0.15) is 5.26 Å². The molecule has 0 unspecified atom stereocenters. The Morgan fingerprint density at radius 2 is 2.26 bits per heavy atom. The number of nitriles is 1. The van der Waals surface area contributed by atoms with Crippen molar-refractivity contribution in [2.24, 2.45) is 0 Å². The Balaban J connectivity index is 3.17. The first-order chi connectivity index (χ1) is 9.12. The summed E-state index contributed by atoms with van der Waals surface area (Å²) in [6.07, 6.45) is 1.47. The van der Waals surface area contributed by atoms with Crippen LogP contribution in [0.25, 0.3) is 6.08 Å². The summed E-state index contributed by atoms with van der Waals surface area (Å²) in [5.74, 6) is 0.177. The van der Waals surface area contributed by atoms with Crippen molar-refractivity contribution in [3.8, 4) is 11.8 Å². The first-order valence-corrected chi connectivity index (χ1v) is 6.32. The predicted molar refractivity (Wildman–Crippen MR) is 74.9 cm³/mol. The number of benzene rings is 1. The Morgan fingerprint density at radius 1 is 1.53 bits per heavy atom. The van der Waals surface area contributed by atoms with E-state index in [1.165, 1.54) is 6.08 Å². The maximum Gasteiger partial charge on any atom is 0.261 e. The maximum absolute atomic E-state index is 11.7. The summed E-state index contributed by atoms with van der Waals surface area (Å²) in [6, 6.07) is 6.94. The van der Waals surface area contributed by atoms with Gasteiger partial charge in [0, 0.05) is 17.1 Å². The van der Waals surface area contributed by atoms with Gasteiger partial charge < -0.3 is 10.1 Å². The number of rotatable bonds is 5. The third-order valence-corrected chi connectivity index (χ3v) is 2.51. The SMILES string of the molecule is CCNC(=O)/C(C#N)=C/c1cc(Cl)ccc1OCC. The number of halogens is 1. The van der Waals surface area contributed by atoms with Crippen molar-refractivity contribution < 1.29 is 9.53 Å². The minimum Gasteiger partial charge on any atom is -0.493 e. The van der Waals surface area contributed by atoms with Crippen molar-refractivity contribution in [3.63, 3.8) is 0 Å². The van der Waals surface area contributed by atoms with Crippen molar-refractivity contribution in [3.05, 3.63) is 34.4 Å². The van der Waals surface area contributed by atoms with Gasteiger partial charge in [-0.25, -0.2) is 0 Å². The molecule has 1 N–H and O–H groups in total. The van der Waals surface area contributed by atoms with Crippen LogP contribution in [0.2, 0.25) is 5.02 Å². The number of nitrogens with one attached hydrogen (secondary N) is 1. The average molecular weight is 279 g/mol. The molecule has 0 aromatic heterocycles. The molecule has 4 nitrogen and oxygen atoms in total. The predicted octanol–water partition coefficient (Wildman–Crippen LogP) is 2.78. The molecule has 1 rings (SSSR count). The van der Waals surface area contributed by atoms with E-state index in [1.54, 1.807) is 25.1 Å². The molecule has 0 fully saturated rings. The lowest BCUT2D eigenvalue weighted by atomic mass is 10.1. The molecule has 0 saturated heterocycles. The fourth-order valence-electron chi connectivity index (χ4n) is 1.48. The van der Waals surface area contributed by atoms with Crippen LogP contribution in [0.1, 0.15) is 19.4 Å². The zero-order valence-electron chi connectivity index (χ0n) is 10.9. The number of hydrogen-bond acceptors (Lipinski definition) is 3. The van der Waals surface area contributed by atoms with E-state index in [9.17, 15) is 4.79 Å². The number of ether oxygens (including phenoxy) is 1. The van der Waals surface area contributed by atoms with Gasteiger partial charge in [0.1, 0.15) is 17.4 Å². The number of nitrogens with zero attached hydrogens (tertiary/aromatic N) is 1. The third-order valence-electron chi connectivity index (χ3n) is 2.27. The van der Waals surface area contributed by atoms with Crippen LogP contribution in [-0.4, -0.2) is 19.1 Å². The Hall–Kier alpha value is -1.99. The maximum atomic E-state index is 11.7. The number of likely N-dealkylation sites (N-methyl/N-ethyl adjacent to an activating group) is 1. The largest absolute Gasteiger partial charge is 0.493 e. The second-order valence-corrected chi connectivity index (χ2v) is 4.08. The van der Waals surface area contributed by atoms with E-state index in [2.05, 4.69) is 5.32 Å². The highest BCUT2D eigenvalue weighted by molar-refractivity contribution is 6.30. The van der Waals surface area contributed by atoms with Gasteiger partial charge >= 0.3 is 0 Å². The molecule has 19 heavy (non-hydrogen) atoms. The van der Waals surface area contributed by atoms with Gasteiger partial charge in [0.25, 0.3) is 5.91 Å². The molecule has 0 saturated carbocycles. The third kappa shape index (κ3) is 4.31. The van der Waals surface area contributed by atoms with Crippen LogP contribution in [0.4, 0.5) is 0 Å². The van der Waals surface area contributed by atoms with Gasteiger partial charge in [0.15, 0.2) is 0 Å². The van der Waals surface area contributed by atoms with E-state index < -0.39 is 5.91 Å². The van der Waals surface area contributed by atoms with Crippen molar-refractivity contribution in [2.75, 3.05) is 13.2 Å². The molecule has 0 radical (unpaired) electrons. The molecule has 0 spiro atoms. The fourth-order valence-corrected chi connectivity index (χ4v) is 1.66. The van der Waals surface area contributed by atoms with Crippen molar-refractivity contribution in [2.45, 2.75) is 13.8 Å². The van der Waals surface area contributed by atoms with E-state index in [4.69, 9.17) is 21.6 Å². The average Bonchev–Trinajstić information content (AvgIpc) is 2.39. The molecule has 1 aromatic rings. The number of carbonyl (C=O) groups excluding carboxylic acids is 1. The Morgan fingerprint density at radius 3 is 2.84 bits per heavy atom. The molecular formula is C14H15ClN2O2. The molecule has 1 aromatic carbocycles. The van der Waals surface area contributed by atoms with Crippen LogP contribution < -0.4 is 10.1 Å². The molecular weight excluding hydrogens is 264 g/mol. The standard InChI is InChI=1S/C14H15ClN2O2/c1-3-17-14(18)11(9-16)7-10-8-12(15)5-6-13(10)19-4-2/h5-8H,3-4H2,1-2H3,(H,17,18)/b11-7+. The van der Waals surface area contributed by atoms with Gasteiger partial charge in [-0.05, 0) is 38.1 Å². The van der Waals surface area contributed by atoms with Crippen LogP contribution in [0.5, 0.6) is 5.75 Å². The molecule has 0 aliphatic carbocycles. The summed E-state index contributed by atoms with van der Waals surface area (Å²) in [6.45, 7) is 4.60. The van der Waals surface area contributed by atoms with Gasteiger partial charge in [-0.15, -0.1) is 0 Å². The topological polar surface area (TPSA) is 62.1 Å². The summed E-state index contributed by atoms with van der Waals surface area (Å²) in [7, 11) is 0. The molecule has 0 bridgehead atoms. The lowest BCUT2D eigenvalue weighted by Gasteiger charge is -2.08. The van der Waals surface area contributed by atoms with E-state index in [0.29, 0.717) is 29.5 Å². The minimum absolute atomic E-state index is 0.0186. The van der Waals surface area contributed by atoms with Crippen molar-refractivity contribution in [1.82, 2.24) is 5.32 Å². The summed E-state index contributed by atoms with van der Waals surface area (Å²) in [5, 5.41) is 12.1. The summed E-state index contributed by atoms with van der Waals surface area (Å²) >= 11 is 5.92.